The highest BCUT2D eigenvalue weighted by atomic mass is 32.1. The first-order valence-electron chi connectivity index (χ1n) is 11.0. The molecule has 10 nitrogen and oxygen atoms in total. The summed E-state index contributed by atoms with van der Waals surface area (Å²) in [4.78, 5) is 63.2. The summed E-state index contributed by atoms with van der Waals surface area (Å²) in [6.07, 6.45) is 3.68. The van der Waals surface area contributed by atoms with Gasteiger partial charge in [-0.25, -0.2) is 14.4 Å². The largest absolute Gasteiger partial charge is 0.458 e. The molecule has 36 heavy (non-hydrogen) atoms. The van der Waals surface area contributed by atoms with Gasteiger partial charge in [0.1, 0.15) is 25.9 Å². The maximum absolute atomic E-state index is 13.2. The van der Waals surface area contributed by atoms with E-state index in [1.54, 1.807) is 0 Å². The van der Waals surface area contributed by atoms with Gasteiger partial charge in [-0.1, -0.05) is 38.0 Å². The Morgan fingerprint density at radius 2 is 1.44 bits per heavy atom. The summed E-state index contributed by atoms with van der Waals surface area (Å²) < 4.78 is 15.2. The number of hydrogen-bond donors (Lipinski definition) is 2. The molecule has 2 atom stereocenters. The van der Waals surface area contributed by atoms with Gasteiger partial charge in [0.05, 0.1) is 11.1 Å². The summed E-state index contributed by atoms with van der Waals surface area (Å²) in [5.41, 5.74) is 0.0894. The lowest BCUT2D eigenvalue weighted by Gasteiger charge is -2.23. The monoisotopic (exact) mass is 516 g/mol. The average Bonchev–Trinajstić information content (AvgIpc) is 3.27. The smallest absolute Gasteiger partial charge is 0.410 e. The SMILES string of the molecule is C=CCOC(=O)c1cc(NC(=O)[C@@H]2C[C@@H](CC(=O)S)CN2C(=O)OCC=C)cc(C(=O)OCC=C)c1. The first-order valence-corrected chi connectivity index (χ1v) is 11.4. The maximum atomic E-state index is 13.2. The summed E-state index contributed by atoms with van der Waals surface area (Å²) >= 11 is 3.79. The average molecular weight is 517 g/mol. The molecule has 1 aliphatic heterocycles. The van der Waals surface area contributed by atoms with Gasteiger partial charge < -0.3 is 19.5 Å². The Labute approximate surface area is 214 Å². The molecule has 2 amide bonds. The minimum absolute atomic E-state index is 0.00702. The molecular weight excluding hydrogens is 488 g/mol. The van der Waals surface area contributed by atoms with Gasteiger partial charge in [-0.15, -0.1) is 12.6 Å². The van der Waals surface area contributed by atoms with E-state index in [0.29, 0.717) is 0 Å². The summed E-state index contributed by atoms with van der Waals surface area (Å²) in [5, 5.41) is 2.27. The van der Waals surface area contributed by atoms with Crippen LogP contribution in [0.1, 0.15) is 33.6 Å². The Bertz CT molecular complexity index is 1010. The number of likely N-dealkylation sites (tertiary alicyclic amines) is 1. The fraction of sp³-hybridized carbons (Fsp3) is 0.320. The number of nitrogens with zero attached hydrogens (tertiary/aromatic N) is 1. The number of carbonyl (C=O) groups is 5. The van der Waals surface area contributed by atoms with Gasteiger partial charge in [-0.3, -0.25) is 14.5 Å². The molecule has 1 N–H and O–H groups in total. The van der Waals surface area contributed by atoms with Gasteiger partial charge in [0.2, 0.25) is 5.91 Å². The number of benzene rings is 1. The fourth-order valence-electron chi connectivity index (χ4n) is 3.58. The third-order valence-electron chi connectivity index (χ3n) is 5.05. The highest BCUT2D eigenvalue weighted by Crippen LogP contribution is 2.29. The Morgan fingerprint density at radius 1 is 0.917 bits per heavy atom. The van der Waals surface area contributed by atoms with Crippen molar-refractivity contribution in [2.24, 2.45) is 5.92 Å². The van der Waals surface area contributed by atoms with Gasteiger partial charge in [0.15, 0.2) is 5.12 Å². The molecule has 0 bridgehead atoms. The van der Waals surface area contributed by atoms with Crippen molar-refractivity contribution in [3.05, 3.63) is 67.3 Å². The molecule has 1 heterocycles. The highest BCUT2D eigenvalue weighted by Gasteiger charge is 2.41. The Morgan fingerprint density at radius 3 is 1.94 bits per heavy atom. The molecule has 1 aromatic rings. The van der Waals surface area contributed by atoms with E-state index < -0.39 is 30.0 Å². The molecule has 1 fully saturated rings. The van der Waals surface area contributed by atoms with E-state index in [1.165, 1.54) is 41.3 Å². The third-order valence-corrected chi connectivity index (χ3v) is 5.23. The van der Waals surface area contributed by atoms with Crippen LogP contribution in [0.2, 0.25) is 0 Å². The van der Waals surface area contributed by atoms with Crippen molar-refractivity contribution in [1.82, 2.24) is 4.90 Å². The van der Waals surface area contributed by atoms with Gasteiger partial charge in [0, 0.05) is 18.7 Å². The minimum atomic E-state index is -0.965. The molecule has 0 unspecified atom stereocenters. The Kier molecular flexibility index (Phi) is 10.9. The number of nitrogens with one attached hydrogen (secondary N) is 1. The van der Waals surface area contributed by atoms with Crippen LogP contribution in [-0.2, 0) is 23.8 Å². The number of hydrogen-bond acceptors (Lipinski definition) is 8. The molecule has 0 aromatic heterocycles. The molecule has 0 spiro atoms. The molecule has 192 valence electrons. The third kappa shape index (κ3) is 8.12. The normalized spacial score (nSPS) is 16.4. The van der Waals surface area contributed by atoms with E-state index in [1.807, 2.05) is 0 Å². The lowest BCUT2D eigenvalue weighted by molar-refractivity contribution is -0.120. The van der Waals surface area contributed by atoms with Gasteiger partial charge in [0.25, 0.3) is 0 Å². The number of ether oxygens (including phenoxy) is 3. The fourth-order valence-corrected chi connectivity index (χ4v) is 3.84. The number of rotatable bonds is 12. The van der Waals surface area contributed by atoms with Crippen molar-refractivity contribution in [2.45, 2.75) is 18.9 Å². The summed E-state index contributed by atoms with van der Waals surface area (Å²) in [7, 11) is 0. The van der Waals surface area contributed by atoms with Crippen LogP contribution in [0.15, 0.2) is 56.2 Å². The van der Waals surface area contributed by atoms with Crippen molar-refractivity contribution >= 4 is 47.4 Å². The summed E-state index contributed by atoms with van der Waals surface area (Å²) in [5.74, 6) is -2.38. The second-order valence-corrected chi connectivity index (χ2v) is 8.29. The molecule has 2 rings (SSSR count). The zero-order chi connectivity index (χ0) is 26.7. The Balaban J connectivity index is 2.32. The number of anilines is 1. The molecule has 1 aliphatic rings. The maximum Gasteiger partial charge on any atom is 0.410 e. The van der Waals surface area contributed by atoms with Crippen molar-refractivity contribution in [1.29, 1.82) is 0 Å². The van der Waals surface area contributed by atoms with Crippen LogP contribution in [-0.4, -0.2) is 66.4 Å². The van der Waals surface area contributed by atoms with Gasteiger partial charge in [-0.05, 0) is 30.5 Å². The number of carbonyl (C=O) groups excluding carboxylic acids is 5. The lowest BCUT2D eigenvalue weighted by Crippen LogP contribution is -2.43. The van der Waals surface area contributed by atoms with Crippen LogP contribution in [0.3, 0.4) is 0 Å². The van der Waals surface area contributed by atoms with Crippen LogP contribution in [0.4, 0.5) is 10.5 Å². The van der Waals surface area contributed by atoms with Crippen LogP contribution < -0.4 is 5.32 Å². The van der Waals surface area contributed by atoms with Crippen LogP contribution in [0, 0.1) is 5.92 Å². The van der Waals surface area contributed by atoms with E-state index in [0.717, 1.165) is 0 Å². The topological polar surface area (TPSA) is 128 Å². The van der Waals surface area contributed by atoms with Crippen molar-refractivity contribution in [3.8, 4) is 0 Å². The minimum Gasteiger partial charge on any atom is -0.458 e. The highest BCUT2D eigenvalue weighted by molar-refractivity contribution is 7.96. The van der Waals surface area contributed by atoms with Crippen LogP contribution >= 0.6 is 12.6 Å². The van der Waals surface area contributed by atoms with E-state index in [2.05, 4.69) is 37.7 Å². The van der Waals surface area contributed by atoms with Gasteiger partial charge in [-0.2, -0.15) is 0 Å². The van der Waals surface area contributed by atoms with E-state index >= 15 is 0 Å². The van der Waals surface area contributed by atoms with Crippen molar-refractivity contribution in [2.75, 3.05) is 31.7 Å². The lowest BCUT2D eigenvalue weighted by atomic mass is 10.0. The van der Waals surface area contributed by atoms with Crippen LogP contribution in [0.25, 0.3) is 0 Å². The number of amides is 2. The number of esters is 2. The molecule has 1 saturated heterocycles. The predicted molar refractivity (Wildman–Crippen MR) is 135 cm³/mol. The standard InChI is InChI=1S/C25H28N2O8S/c1-4-7-33-23(30)17-12-18(24(31)34-8-5-2)14-19(13-17)26-22(29)20-10-16(11-21(28)36)15-27(20)25(32)35-9-6-3/h4-6,12-14,16,20H,1-3,7-11,15H2,(H,26,29)(H,28,36)/t16-,20-/m0/s1. The molecule has 0 aliphatic carbocycles. The number of thiol groups is 1. The van der Waals surface area contributed by atoms with Crippen molar-refractivity contribution < 1.29 is 38.2 Å². The van der Waals surface area contributed by atoms with Crippen LogP contribution in [0.5, 0.6) is 0 Å². The van der Waals surface area contributed by atoms with E-state index in [-0.39, 0.29) is 67.1 Å². The van der Waals surface area contributed by atoms with Gasteiger partial charge >= 0.3 is 18.0 Å². The first-order chi connectivity index (χ1) is 17.2. The van der Waals surface area contributed by atoms with E-state index in [4.69, 9.17) is 14.2 Å². The first kappa shape index (κ1) is 28.4. The molecule has 0 radical (unpaired) electrons. The summed E-state index contributed by atoms with van der Waals surface area (Å²) in [6.45, 7) is 10.4. The van der Waals surface area contributed by atoms with Crippen molar-refractivity contribution in [3.63, 3.8) is 0 Å². The Hall–Kier alpha value is -3.86. The molecule has 1 aromatic carbocycles. The predicted octanol–water partition coefficient (Wildman–Crippen LogP) is 3.17. The second kappa shape index (κ2) is 13.9. The molecular formula is C25H28N2O8S. The zero-order valence-corrected chi connectivity index (χ0v) is 20.5. The quantitative estimate of drug-likeness (QED) is 0.188. The molecule has 0 saturated carbocycles. The molecule has 11 heteroatoms. The summed E-state index contributed by atoms with van der Waals surface area (Å²) in [6, 6.07) is 2.97. The second-order valence-electron chi connectivity index (χ2n) is 7.80. The zero-order valence-electron chi connectivity index (χ0n) is 19.6. The van der Waals surface area contributed by atoms with E-state index in [9.17, 15) is 24.0 Å².